The summed E-state index contributed by atoms with van der Waals surface area (Å²) in [4.78, 5) is 12.0. The highest BCUT2D eigenvalue weighted by molar-refractivity contribution is 9.10. The predicted octanol–water partition coefficient (Wildman–Crippen LogP) is 4.61. The molecule has 0 amide bonds. The molecule has 0 unspecified atom stereocenters. The van der Waals surface area contributed by atoms with Crippen molar-refractivity contribution in [1.29, 1.82) is 0 Å². The highest BCUT2D eigenvalue weighted by Gasteiger charge is 2.15. The van der Waals surface area contributed by atoms with Crippen molar-refractivity contribution >= 4 is 33.3 Å². The minimum Gasteiger partial charge on any atom is -0.288 e. The molecular formula is C13H6BrClF2O. The average molecular weight is 332 g/mol. The summed E-state index contributed by atoms with van der Waals surface area (Å²) in [7, 11) is 0. The van der Waals surface area contributed by atoms with Gasteiger partial charge in [-0.25, -0.2) is 8.78 Å². The van der Waals surface area contributed by atoms with Crippen molar-refractivity contribution in [2.45, 2.75) is 0 Å². The lowest BCUT2D eigenvalue weighted by molar-refractivity contribution is 0.103. The third-order valence-corrected chi connectivity index (χ3v) is 3.15. The lowest BCUT2D eigenvalue weighted by Crippen LogP contribution is -2.04. The maximum atomic E-state index is 13.5. The van der Waals surface area contributed by atoms with Crippen molar-refractivity contribution in [2.24, 2.45) is 0 Å². The first-order chi connectivity index (χ1) is 8.49. The summed E-state index contributed by atoms with van der Waals surface area (Å²) in [5.74, 6) is -1.96. The fourth-order valence-electron chi connectivity index (χ4n) is 1.46. The second-order valence-electron chi connectivity index (χ2n) is 3.58. The zero-order valence-corrected chi connectivity index (χ0v) is 11.2. The van der Waals surface area contributed by atoms with Crippen LogP contribution in [0.1, 0.15) is 15.9 Å². The number of hydrogen-bond donors (Lipinski definition) is 0. The molecule has 0 aliphatic rings. The van der Waals surface area contributed by atoms with Crippen LogP contribution in [0, 0.1) is 11.6 Å². The van der Waals surface area contributed by atoms with Gasteiger partial charge >= 0.3 is 0 Å². The smallest absolute Gasteiger partial charge is 0.196 e. The first-order valence-corrected chi connectivity index (χ1v) is 6.11. The molecule has 0 bridgehead atoms. The van der Waals surface area contributed by atoms with Crippen LogP contribution in [0.5, 0.6) is 0 Å². The summed E-state index contributed by atoms with van der Waals surface area (Å²) in [6, 6.07) is 7.61. The Bertz CT molecular complexity index is 628. The quantitative estimate of drug-likeness (QED) is 0.734. The predicted molar refractivity (Wildman–Crippen MR) is 68.9 cm³/mol. The topological polar surface area (TPSA) is 17.1 Å². The van der Waals surface area contributed by atoms with Gasteiger partial charge in [0.05, 0.1) is 10.6 Å². The molecule has 5 heteroatoms. The third-order valence-electron chi connectivity index (χ3n) is 2.35. The van der Waals surface area contributed by atoms with Crippen molar-refractivity contribution in [3.63, 3.8) is 0 Å². The van der Waals surface area contributed by atoms with Crippen molar-refractivity contribution < 1.29 is 13.6 Å². The van der Waals surface area contributed by atoms with Crippen molar-refractivity contribution in [3.8, 4) is 0 Å². The average Bonchev–Trinajstić information content (AvgIpc) is 2.35. The minimum absolute atomic E-state index is 0.0499. The Morgan fingerprint density at radius 3 is 2.44 bits per heavy atom. The largest absolute Gasteiger partial charge is 0.288 e. The maximum Gasteiger partial charge on any atom is 0.196 e. The maximum absolute atomic E-state index is 13.5. The van der Waals surface area contributed by atoms with E-state index in [0.29, 0.717) is 4.47 Å². The number of ketones is 1. The van der Waals surface area contributed by atoms with Gasteiger partial charge in [0.2, 0.25) is 0 Å². The van der Waals surface area contributed by atoms with Gasteiger partial charge in [-0.15, -0.1) is 0 Å². The Hall–Kier alpha value is -1.26. The summed E-state index contributed by atoms with van der Waals surface area (Å²) in [5.41, 5.74) is -0.0694. The molecule has 0 fully saturated rings. The molecule has 0 saturated carbocycles. The van der Waals surface area contributed by atoms with Crippen LogP contribution < -0.4 is 0 Å². The number of carbonyl (C=O) groups is 1. The minimum atomic E-state index is -0.710. The van der Waals surface area contributed by atoms with E-state index in [1.54, 1.807) is 0 Å². The number of rotatable bonds is 2. The number of hydrogen-bond acceptors (Lipinski definition) is 1. The summed E-state index contributed by atoms with van der Waals surface area (Å²) >= 11 is 8.67. The Morgan fingerprint density at radius 1 is 1.06 bits per heavy atom. The summed E-state index contributed by atoms with van der Waals surface area (Å²) in [6.45, 7) is 0. The van der Waals surface area contributed by atoms with E-state index >= 15 is 0 Å². The Kier molecular flexibility index (Phi) is 3.78. The highest BCUT2D eigenvalue weighted by Crippen LogP contribution is 2.21. The second kappa shape index (κ2) is 5.16. The molecule has 1 nitrogen and oxygen atoms in total. The van der Waals surface area contributed by atoms with Gasteiger partial charge < -0.3 is 0 Å². The van der Waals surface area contributed by atoms with Gasteiger partial charge in [0.1, 0.15) is 11.6 Å². The van der Waals surface area contributed by atoms with Crippen LogP contribution in [0.4, 0.5) is 8.78 Å². The van der Waals surface area contributed by atoms with E-state index in [4.69, 9.17) is 11.6 Å². The van der Waals surface area contributed by atoms with Crippen molar-refractivity contribution in [2.75, 3.05) is 0 Å². The molecule has 92 valence electrons. The van der Waals surface area contributed by atoms with E-state index in [-0.39, 0.29) is 16.1 Å². The SMILES string of the molecule is O=C(c1ccc(Cl)c(F)c1)c1cc(Br)ccc1F. The molecule has 0 aliphatic carbocycles. The molecule has 0 aliphatic heterocycles. The Labute approximate surface area is 116 Å². The molecule has 0 radical (unpaired) electrons. The van der Waals surface area contributed by atoms with Crippen LogP contribution in [0.25, 0.3) is 0 Å². The molecule has 0 aromatic heterocycles. The van der Waals surface area contributed by atoms with Crippen molar-refractivity contribution in [1.82, 2.24) is 0 Å². The lowest BCUT2D eigenvalue weighted by atomic mass is 10.0. The van der Waals surface area contributed by atoms with E-state index in [9.17, 15) is 13.6 Å². The number of carbonyl (C=O) groups excluding carboxylic acids is 1. The Balaban J connectivity index is 2.47. The summed E-state index contributed by atoms with van der Waals surface area (Å²) in [5, 5.41) is -0.0822. The van der Waals surface area contributed by atoms with Crippen LogP contribution in [0.15, 0.2) is 40.9 Å². The van der Waals surface area contributed by atoms with E-state index < -0.39 is 17.4 Å². The molecule has 2 aromatic rings. The third kappa shape index (κ3) is 2.60. The molecule has 0 saturated heterocycles. The van der Waals surface area contributed by atoms with E-state index in [0.717, 1.165) is 6.07 Å². The van der Waals surface area contributed by atoms with Gasteiger partial charge in [-0.3, -0.25) is 4.79 Å². The molecule has 0 heterocycles. The standard InChI is InChI=1S/C13H6BrClF2O/c14-8-2-4-11(16)9(6-8)13(18)7-1-3-10(15)12(17)5-7/h1-6H. The zero-order chi connectivity index (χ0) is 13.3. The molecule has 18 heavy (non-hydrogen) atoms. The summed E-state index contributed by atoms with van der Waals surface area (Å²) in [6.07, 6.45) is 0. The highest BCUT2D eigenvalue weighted by atomic mass is 79.9. The first-order valence-electron chi connectivity index (χ1n) is 4.94. The van der Waals surface area contributed by atoms with Gasteiger partial charge in [0, 0.05) is 10.0 Å². The summed E-state index contributed by atoms with van der Waals surface area (Å²) < 4.78 is 27.3. The van der Waals surface area contributed by atoms with Crippen LogP contribution >= 0.6 is 27.5 Å². The van der Waals surface area contributed by atoms with Gasteiger partial charge in [0.25, 0.3) is 0 Å². The molecular weight excluding hydrogens is 325 g/mol. The first kappa shape index (κ1) is 13.2. The zero-order valence-electron chi connectivity index (χ0n) is 8.88. The molecule has 2 aromatic carbocycles. The lowest BCUT2D eigenvalue weighted by Gasteiger charge is -2.04. The van der Waals surface area contributed by atoms with Crippen molar-refractivity contribution in [3.05, 3.63) is 68.7 Å². The van der Waals surface area contributed by atoms with Gasteiger partial charge in [0.15, 0.2) is 5.78 Å². The van der Waals surface area contributed by atoms with E-state index in [2.05, 4.69) is 15.9 Å². The van der Waals surface area contributed by atoms with Crippen LogP contribution in [0.2, 0.25) is 5.02 Å². The molecule has 0 spiro atoms. The Morgan fingerprint density at radius 2 is 1.78 bits per heavy atom. The molecule has 2 rings (SSSR count). The monoisotopic (exact) mass is 330 g/mol. The fraction of sp³-hybridized carbons (Fsp3) is 0. The van der Waals surface area contributed by atoms with Gasteiger partial charge in [-0.2, -0.15) is 0 Å². The van der Waals surface area contributed by atoms with Crippen LogP contribution in [0.3, 0.4) is 0 Å². The molecule has 0 atom stereocenters. The van der Waals surface area contributed by atoms with Gasteiger partial charge in [-0.1, -0.05) is 27.5 Å². The van der Waals surface area contributed by atoms with E-state index in [1.807, 2.05) is 0 Å². The molecule has 0 N–H and O–H groups in total. The fourth-order valence-corrected chi connectivity index (χ4v) is 1.94. The second-order valence-corrected chi connectivity index (χ2v) is 4.91. The van der Waals surface area contributed by atoms with Crippen LogP contribution in [-0.4, -0.2) is 5.78 Å². The van der Waals surface area contributed by atoms with Gasteiger partial charge in [-0.05, 0) is 36.4 Å². The normalized spacial score (nSPS) is 10.4. The van der Waals surface area contributed by atoms with E-state index in [1.165, 1.54) is 30.3 Å². The number of benzene rings is 2. The number of halogens is 4. The van der Waals surface area contributed by atoms with Crippen LogP contribution in [-0.2, 0) is 0 Å².